The summed E-state index contributed by atoms with van der Waals surface area (Å²) in [6.07, 6.45) is -0.215. The predicted molar refractivity (Wildman–Crippen MR) is 84.5 cm³/mol. The lowest BCUT2D eigenvalue weighted by atomic mass is 9.94. The predicted octanol–water partition coefficient (Wildman–Crippen LogP) is 2.95. The van der Waals surface area contributed by atoms with Gasteiger partial charge in [-0.1, -0.05) is 30.3 Å². The first-order chi connectivity index (χ1) is 9.78. The fourth-order valence-electron chi connectivity index (χ4n) is 2.81. The molecule has 4 nitrogen and oxygen atoms in total. The summed E-state index contributed by atoms with van der Waals surface area (Å²) in [5.41, 5.74) is 0.831. The van der Waals surface area contributed by atoms with Crippen molar-refractivity contribution in [3.8, 4) is 0 Å². The van der Waals surface area contributed by atoms with Crippen LogP contribution in [0.5, 0.6) is 0 Å². The number of rotatable bonds is 2. The zero-order chi connectivity index (χ0) is 15.6. The van der Waals surface area contributed by atoms with Crippen molar-refractivity contribution in [1.82, 2.24) is 9.80 Å². The number of carbonyl (C=O) groups is 1. The molecule has 21 heavy (non-hydrogen) atoms. The van der Waals surface area contributed by atoms with Crippen LogP contribution in [-0.4, -0.2) is 54.7 Å². The van der Waals surface area contributed by atoms with Crippen LogP contribution < -0.4 is 0 Å². The van der Waals surface area contributed by atoms with Gasteiger partial charge in [0.1, 0.15) is 5.60 Å². The molecule has 1 aliphatic rings. The van der Waals surface area contributed by atoms with Gasteiger partial charge in [-0.3, -0.25) is 0 Å². The fraction of sp³-hybridized carbons (Fsp3) is 0.588. The molecule has 0 spiro atoms. The van der Waals surface area contributed by atoms with Gasteiger partial charge in [0.25, 0.3) is 0 Å². The van der Waals surface area contributed by atoms with E-state index >= 15 is 0 Å². The van der Waals surface area contributed by atoms with Crippen LogP contribution in [0.1, 0.15) is 32.3 Å². The average Bonchev–Trinajstić information content (AvgIpc) is 2.83. The van der Waals surface area contributed by atoms with Crippen LogP contribution in [0.3, 0.4) is 0 Å². The number of likely N-dealkylation sites (tertiary alicyclic amines) is 1. The summed E-state index contributed by atoms with van der Waals surface area (Å²) >= 11 is 0. The molecule has 116 valence electrons. The van der Waals surface area contributed by atoms with E-state index in [2.05, 4.69) is 43.3 Å². The van der Waals surface area contributed by atoms with E-state index in [9.17, 15) is 4.79 Å². The Hall–Kier alpha value is -1.55. The van der Waals surface area contributed by atoms with E-state index in [0.717, 1.165) is 0 Å². The van der Waals surface area contributed by atoms with Gasteiger partial charge in [-0.25, -0.2) is 4.79 Å². The number of hydrogen-bond acceptors (Lipinski definition) is 3. The molecule has 1 saturated heterocycles. The minimum Gasteiger partial charge on any atom is -0.444 e. The first-order valence-corrected chi connectivity index (χ1v) is 7.47. The highest BCUT2D eigenvalue weighted by atomic mass is 16.6. The second-order valence-electron chi connectivity index (χ2n) is 6.93. The SMILES string of the molecule is CN(C)[C@@H]1CN(C(=O)OC(C)(C)C)C[C@@H]1c1ccccc1. The van der Waals surface area contributed by atoms with E-state index < -0.39 is 5.60 Å². The Labute approximate surface area is 127 Å². The molecule has 0 aliphatic carbocycles. The van der Waals surface area contributed by atoms with E-state index in [1.54, 1.807) is 0 Å². The molecule has 2 rings (SSSR count). The van der Waals surface area contributed by atoms with Gasteiger partial charge in [0.2, 0.25) is 0 Å². The Morgan fingerprint density at radius 2 is 1.81 bits per heavy atom. The van der Waals surface area contributed by atoms with Crippen LogP contribution in [0.2, 0.25) is 0 Å². The zero-order valence-corrected chi connectivity index (χ0v) is 13.7. The second-order valence-corrected chi connectivity index (χ2v) is 6.93. The molecule has 1 heterocycles. The topological polar surface area (TPSA) is 32.8 Å². The van der Waals surface area contributed by atoms with Gasteiger partial charge < -0.3 is 14.5 Å². The lowest BCUT2D eigenvalue weighted by Crippen LogP contribution is -2.38. The lowest BCUT2D eigenvalue weighted by molar-refractivity contribution is 0.0283. The van der Waals surface area contributed by atoms with Crippen LogP contribution in [0, 0.1) is 0 Å². The molecule has 4 heteroatoms. The molecule has 2 atom stereocenters. The minimum atomic E-state index is -0.449. The third-order valence-electron chi connectivity index (χ3n) is 3.83. The van der Waals surface area contributed by atoms with Gasteiger partial charge >= 0.3 is 6.09 Å². The third-order valence-corrected chi connectivity index (χ3v) is 3.83. The molecule has 0 N–H and O–H groups in total. The molecule has 1 amide bonds. The van der Waals surface area contributed by atoms with E-state index in [1.807, 2.05) is 31.7 Å². The van der Waals surface area contributed by atoms with Gasteiger partial charge in [0, 0.05) is 25.0 Å². The van der Waals surface area contributed by atoms with Crippen LogP contribution in [0.4, 0.5) is 4.79 Å². The Kier molecular flexibility index (Phi) is 4.57. The maximum absolute atomic E-state index is 12.3. The van der Waals surface area contributed by atoms with Crippen molar-refractivity contribution in [2.45, 2.75) is 38.3 Å². The summed E-state index contributed by atoms with van der Waals surface area (Å²) in [7, 11) is 4.14. The van der Waals surface area contributed by atoms with Crippen LogP contribution in [0.25, 0.3) is 0 Å². The maximum Gasteiger partial charge on any atom is 0.410 e. The standard InChI is InChI=1S/C17H26N2O2/c1-17(2,3)21-16(20)19-11-14(15(12-19)18(4)5)13-9-7-6-8-10-13/h6-10,14-15H,11-12H2,1-5H3/t14-,15-/m1/s1. The van der Waals surface area contributed by atoms with Crippen molar-refractivity contribution in [2.75, 3.05) is 27.2 Å². The Balaban J connectivity index is 2.14. The van der Waals surface area contributed by atoms with Crippen molar-refractivity contribution in [3.63, 3.8) is 0 Å². The van der Waals surface area contributed by atoms with Gasteiger partial charge in [-0.2, -0.15) is 0 Å². The number of ether oxygens (including phenoxy) is 1. The van der Waals surface area contributed by atoms with E-state index in [0.29, 0.717) is 25.0 Å². The molecule has 1 fully saturated rings. The number of benzene rings is 1. The summed E-state index contributed by atoms with van der Waals surface area (Å²) in [6.45, 7) is 7.13. The summed E-state index contributed by atoms with van der Waals surface area (Å²) < 4.78 is 5.50. The minimum absolute atomic E-state index is 0.215. The fourth-order valence-corrected chi connectivity index (χ4v) is 2.81. The zero-order valence-electron chi connectivity index (χ0n) is 13.7. The van der Waals surface area contributed by atoms with Crippen molar-refractivity contribution in [2.24, 2.45) is 0 Å². The number of likely N-dealkylation sites (N-methyl/N-ethyl adjacent to an activating group) is 1. The number of hydrogen-bond donors (Lipinski definition) is 0. The van der Waals surface area contributed by atoms with Gasteiger partial charge in [-0.15, -0.1) is 0 Å². The van der Waals surface area contributed by atoms with Crippen LogP contribution in [-0.2, 0) is 4.74 Å². The molecule has 1 aromatic carbocycles. The van der Waals surface area contributed by atoms with E-state index in [-0.39, 0.29) is 6.09 Å². The van der Waals surface area contributed by atoms with Crippen LogP contribution >= 0.6 is 0 Å². The van der Waals surface area contributed by atoms with Gasteiger partial charge in [-0.05, 0) is 40.4 Å². The summed E-state index contributed by atoms with van der Waals surface area (Å²) in [4.78, 5) is 16.3. The van der Waals surface area contributed by atoms with Crippen molar-refractivity contribution in [1.29, 1.82) is 0 Å². The monoisotopic (exact) mass is 290 g/mol. The number of amides is 1. The molecule has 0 aromatic heterocycles. The Morgan fingerprint density at radius 3 is 2.33 bits per heavy atom. The van der Waals surface area contributed by atoms with Crippen molar-refractivity contribution >= 4 is 6.09 Å². The van der Waals surface area contributed by atoms with Crippen LogP contribution in [0.15, 0.2) is 30.3 Å². The first kappa shape index (κ1) is 15.8. The number of nitrogens with zero attached hydrogens (tertiary/aromatic N) is 2. The number of carbonyl (C=O) groups excluding carboxylic acids is 1. The molecule has 1 aromatic rings. The van der Waals surface area contributed by atoms with Crippen molar-refractivity contribution < 1.29 is 9.53 Å². The largest absolute Gasteiger partial charge is 0.444 e. The molecule has 0 unspecified atom stereocenters. The first-order valence-electron chi connectivity index (χ1n) is 7.47. The highest BCUT2D eigenvalue weighted by Gasteiger charge is 2.38. The Morgan fingerprint density at radius 1 is 1.19 bits per heavy atom. The summed E-state index contributed by atoms with van der Waals surface area (Å²) in [5.74, 6) is 0.328. The van der Waals surface area contributed by atoms with E-state index in [4.69, 9.17) is 4.74 Å². The third kappa shape index (κ3) is 3.97. The van der Waals surface area contributed by atoms with Gasteiger partial charge in [0.05, 0.1) is 0 Å². The maximum atomic E-state index is 12.3. The molecular weight excluding hydrogens is 264 g/mol. The highest BCUT2D eigenvalue weighted by Crippen LogP contribution is 2.31. The molecule has 0 radical (unpaired) electrons. The molecule has 0 saturated carbocycles. The lowest BCUT2D eigenvalue weighted by Gasteiger charge is -2.25. The smallest absolute Gasteiger partial charge is 0.410 e. The van der Waals surface area contributed by atoms with E-state index in [1.165, 1.54) is 5.56 Å². The molecular formula is C17H26N2O2. The van der Waals surface area contributed by atoms with Gasteiger partial charge in [0.15, 0.2) is 0 Å². The Bertz CT molecular complexity index is 479. The highest BCUT2D eigenvalue weighted by molar-refractivity contribution is 5.69. The molecule has 1 aliphatic heterocycles. The normalized spacial score (nSPS) is 22.7. The quantitative estimate of drug-likeness (QED) is 0.839. The molecule has 0 bridgehead atoms. The average molecular weight is 290 g/mol. The summed E-state index contributed by atoms with van der Waals surface area (Å²) in [5, 5.41) is 0. The summed E-state index contributed by atoms with van der Waals surface area (Å²) in [6, 6.07) is 10.7. The van der Waals surface area contributed by atoms with Crippen molar-refractivity contribution in [3.05, 3.63) is 35.9 Å². The second kappa shape index (κ2) is 6.06.